The van der Waals surface area contributed by atoms with Crippen molar-refractivity contribution in [2.75, 3.05) is 13.2 Å². The maximum absolute atomic E-state index is 12.3. The standard InChI is InChI=1S/C19H25NO4/c1-15(18(21)20-12-7-11-17(20)19(22)23)8-5-6-13-24-14-16-9-3-2-4-10-16/h2-4,9-10,17H,1,5-8,11-14H2,(H,22,23)/t17-/m0/s1. The number of nitrogens with zero attached hydrogens (tertiary/aromatic N) is 1. The molecule has 1 N–H and O–H groups in total. The summed E-state index contributed by atoms with van der Waals surface area (Å²) in [5.74, 6) is -1.15. The van der Waals surface area contributed by atoms with E-state index in [1.807, 2.05) is 30.3 Å². The Bertz CT molecular complexity index is 570. The molecule has 1 aromatic rings. The summed E-state index contributed by atoms with van der Waals surface area (Å²) >= 11 is 0. The molecule has 1 fully saturated rings. The van der Waals surface area contributed by atoms with Crippen LogP contribution in [0, 0.1) is 0 Å². The van der Waals surface area contributed by atoms with Gasteiger partial charge in [0.25, 0.3) is 0 Å². The molecule has 24 heavy (non-hydrogen) atoms. The summed E-state index contributed by atoms with van der Waals surface area (Å²) in [5, 5.41) is 9.14. The minimum Gasteiger partial charge on any atom is -0.480 e. The maximum Gasteiger partial charge on any atom is 0.326 e. The van der Waals surface area contributed by atoms with E-state index in [1.165, 1.54) is 4.90 Å². The lowest BCUT2D eigenvalue weighted by Crippen LogP contribution is -2.41. The molecule has 0 radical (unpaired) electrons. The Balaban J connectivity index is 1.62. The number of benzene rings is 1. The number of aliphatic carboxylic acids is 1. The quantitative estimate of drug-likeness (QED) is 0.558. The highest BCUT2D eigenvalue weighted by Gasteiger charge is 2.34. The Labute approximate surface area is 142 Å². The zero-order valence-electron chi connectivity index (χ0n) is 13.9. The summed E-state index contributed by atoms with van der Waals surface area (Å²) in [7, 11) is 0. The van der Waals surface area contributed by atoms with Crippen LogP contribution in [-0.4, -0.2) is 41.1 Å². The van der Waals surface area contributed by atoms with Gasteiger partial charge in [-0.2, -0.15) is 0 Å². The van der Waals surface area contributed by atoms with E-state index in [0.717, 1.165) is 24.8 Å². The summed E-state index contributed by atoms with van der Waals surface area (Å²) in [6, 6.07) is 9.30. The highest BCUT2D eigenvalue weighted by molar-refractivity contribution is 5.95. The Morgan fingerprint density at radius 1 is 1.25 bits per heavy atom. The first-order valence-corrected chi connectivity index (χ1v) is 8.43. The zero-order valence-corrected chi connectivity index (χ0v) is 13.9. The van der Waals surface area contributed by atoms with Gasteiger partial charge >= 0.3 is 5.97 Å². The number of carbonyl (C=O) groups is 2. The van der Waals surface area contributed by atoms with Gasteiger partial charge in [0.2, 0.25) is 5.91 Å². The first-order chi connectivity index (χ1) is 11.6. The van der Waals surface area contributed by atoms with E-state index < -0.39 is 12.0 Å². The molecule has 130 valence electrons. The number of ether oxygens (including phenoxy) is 1. The predicted octanol–water partition coefficient (Wildman–Crippen LogP) is 3.01. The molecule has 1 saturated heterocycles. The Morgan fingerprint density at radius 3 is 2.71 bits per heavy atom. The van der Waals surface area contributed by atoms with Gasteiger partial charge in [0.1, 0.15) is 6.04 Å². The van der Waals surface area contributed by atoms with Gasteiger partial charge in [0.05, 0.1) is 6.61 Å². The van der Waals surface area contributed by atoms with Gasteiger partial charge in [0.15, 0.2) is 0 Å². The first-order valence-electron chi connectivity index (χ1n) is 8.43. The van der Waals surface area contributed by atoms with E-state index in [2.05, 4.69) is 6.58 Å². The van der Waals surface area contributed by atoms with Gasteiger partial charge < -0.3 is 14.7 Å². The van der Waals surface area contributed by atoms with Crippen LogP contribution in [0.2, 0.25) is 0 Å². The van der Waals surface area contributed by atoms with Gasteiger partial charge in [-0.3, -0.25) is 4.79 Å². The molecule has 0 aliphatic carbocycles. The fourth-order valence-electron chi connectivity index (χ4n) is 2.88. The van der Waals surface area contributed by atoms with Crippen molar-refractivity contribution in [2.24, 2.45) is 0 Å². The number of carboxylic acids is 1. The monoisotopic (exact) mass is 331 g/mol. The van der Waals surface area contributed by atoms with E-state index in [-0.39, 0.29) is 5.91 Å². The van der Waals surface area contributed by atoms with Crippen LogP contribution in [0.15, 0.2) is 42.5 Å². The van der Waals surface area contributed by atoms with E-state index in [1.54, 1.807) is 0 Å². The van der Waals surface area contributed by atoms with Crippen molar-refractivity contribution in [2.45, 2.75) is 44.8 Å². The van der Waals surface area contributed by atoms with Crippen LogP contribution >= 0.6 is 0 Å². The van der Waals surface area contributed by atoms with Crippen LogP contribution in [0.3, 0.4) is 0 Å². The number of carbonyl (C=O) groups excluding carboxylic acids is 1. The molecular weight excluding hydrogens is 306 g/mol. The summed E-state index contributed by atoms with van der Waals surface area (Å²) in [5.41, 5.74) is 1.64. The molecule has 0 unspecified atom stereocenters. The molecule has 2 rings (SSSR count). The highest BCUT2D eigenvalue weighted by atomic mass is 16.5. The van der Waals surface area contributed by atoms with E-state index in [4.69, 9.17) is 9.84 Å². The van der Waals surface area contributed by atoms with Crippen molar-refractivity contribution in [3.63, 3.8) is 0 Å². The van der Waals surface area contributed by atoms with E-state index in [0.29, 0.717) is 38.2 Å². The minimum absolute atomic E-state index is 0.217. The molecule has 1 aliphatic rings. The van der Waals surface area contributed by atoms with Crippen molar-refractivity contribution in [1.29, 1.82) is 0 Å². The average Bonchev–Trinajstić information content (AvgIpc) is 3.08. The molecule has 1 amide bonds. The normalized spacial score (nSPS) is 17.0. The van der Waals surface area contributed by atoms with Crippen LogP contribution in [0.25, 0.3) is 0 Å². The molecule has 1 aromatic carbocycles. The maximum atomic E-state index is 12.3. The van der Waals surface area contributed by atoms with Crippen molar-refractivity contribution in [1.82, 2.24) is 4.90 Å². The van der Waals surface area contributed by atoms with Gasteiger partial charge in [-0.15, -0.1) is 0 Å². The largest absolute Gasteiger partial charge is 0.480 e. The molecule has 1 heterocycles. The summed E-state index contributed by atoms with van der Waals surface area (Å²) in [6.07, 6.45) is 3.51. The molecule has 0 saturated carbocycles. The van der Waals surface area contributed by atoms with Gasteiger partial charge in [-0.05, 0) is 37.7 Å². The SMILES string of the molecule is C=C(CCCCOCc1ccccc1)C(=O)N1CCC[C@H]1C(=O)O. The molecule has 5 heteroatoms. The van der Waals surface area contributed by atoms with Crippen LogP contribution in [0.5, 0.6) is 0 Å². The molecule has 0 spiro atoms. The van der Waals surface area contributed by atoms with Crippen LogP contribution < -0.4 is 0 Å². The average molecular weight is 331 g/mol. The second-order valence-corrected chi connectivity index (χ2v) is 6.09. The Kier molecular flexibility index (Phi) is 7.00. The summed E-state index contributed by atoms with van der Waals surface area (Å²) in [6.45, 7) is 5.57. The zero-order chi connectivity index (χ0) is 17.4. The van der Waals surface area contributed by atoms with Crippen molar-refractivity contribution in [3.05, 3.63) is 48.0 Å². The highest BCUT2D eigenvalue weighted by Crippen LogP contribution is 2.21. The molecule has 0 aromatic heterocycles. The molecule has 1 atom stereocenters. The lowest BCUT2D eigenvalue weighted by molar-refractivity contribution is -0.146. The number of unbranched alkanes of at least 4 members (excludes halogenated alkanes) is 1. The van der Waals surface area contributed by atoms with Crippen LogP contribution in [-0.2, 0) is 20.9 Å². The number of rotatable bonds is 9. The number of carboxylic acid groups (broad SMARTS) is 1. The summed E-state index contributed by atoms with van der Waals surface area (Å²) < 4.78 is 5.61. The molecule has 5 nitrogen and oxygen atoms in total. The minimum atomic E-state index is -0.928. The second-order valence-electron chi connectivity index (χ2n) is 6.09. The van der Waals surface area contributed by atoms with E-state index in [9.17, 15) is 9.59 Å². The Morgan fingerprint density at radius 2 is 2.00 bits per heavy atom. The van der Waals surface area contributed by atoms with Crippen molar-refractivity contribution in [3.8, 4) is 0 Å². The van der Waals surface area contributed by atoms with Crippen molar-refractivity contribution < 1.29 is 19.4 Å². The van der Waals surface area contributed by atoms with Crippen LogP contribution in [0.1, 0.15) is 37.7 Å². The lowest BCUT2D eigenvalue weighted by atomic mass is 10.1. The fraction of sp³-hybridized carbons (Fsp3) is 0.474. The third-order valence-electron chi connectivity index (χ3n) is 4.23. The lowest BCUT2D eigenvalue weighted by Gasteiger charge is -2.22. The van der Waals surface area contributed by atoms with Crippen LogP contribution in [0.4, 0.5) is 0 Å². The third-order valence-corrected chi connectivity index (χ3v) is 4.23. The topological polar surface area (TPSA) is 66.8 Å². The molecule has 1 aliphatic heterocycles. The summed E-state index contributed by atoms with van der Waals surface area (Å²) in [4.78, 5) is 24.9. The predicted molar refractivity (Wildman–Crippen MR) is 91.5 cm³/mol. The number of hydrogen-bond acceptors (Lipinski definition) is 3. The number of amides is 1. The smallest absolute Gasteiger partial charge is 0.326 e. The number of likely N-dealkylation sites (tertiary alicyclic amines) is 1. The fourth-order valence-corrected chi connectivity index (χ4v) is 2.88. The molecule has 0 bridgehead atoms. The van der Waals surface area contributed by atoms with Crippen molar-refractivity contribution >= 4 is 11.9 Å². The van der Waals surface area contributed by atoms with Gasteiger partial charge in [-0.25, -0.2) is 4.79 Å². The van der Waals surface area contributed by atoms with Gasteiger partial charge in [-0.1, -0.05) is 36.9 Å². The Hall–Kier alpha value is -2.14. The second kappa shape index (κ2) is 9.23. The number of hydrogen-bond donors (Lipinski definition) is 1. The molecular formula is C19H25NO4. The first kappa shape index (κ1) is 18.2. The third kappa shape index (κ3) is 5.20. The van der Waals surface area contributed by atoms with E-state index >= 15 is 0 Å². The van der Waals surface area contributed by atoms with Gasteiger partial charge in [0, 0.05) is 18.7 Å².